The quantitative estimate of drug-likeness (QED) is 0.127. The number of nitrogens with zero attached hydrogens (tertiary/aromatic N) is 3. The first-order valence-electron chi connectivity index (χ1n) is 8.84. The van der Waals surface area contributed by atoms with Crippen molar-refractivity contribution in [3.63, 3.8) is 0 Å². The van der Waals surface area contributed by atoms with Crippen molar-refractivity contribution in [2.45, 2.75) is 26.6 Å². The first-order chi connectivity index (χ1) is 14.2. The van der Waals surface area contributed by atoms with E-state index in [4.69, 9.17) is 15.2 Å². The standard InChI is InChI=1S/C20H20N4O6/c1-4-18(29-19(25)12(2)3)30-20(26)13-5-10-16(17(11-13)24(27)28)23-22-15-8-6-14(21)7-9-15/h5-11,18H,2,4,21H2,1,3H3. The molecule has 1 atom stereocenters. The average molecular weight is 412 g/mol. The van der Waals surface area contributed by atoms with Crippen molar-refractivity contribution in [1.29, 1.82) is 0 Å². The number of nitro benzene ring substituents is 1. The lowest BCUT2D eigenvalue weighted by molar-refractivity contribution is -0.384. The molecule has 2 rings (SSSR count). The molecule has 156 valence electrons. The number of azo groups is 1. The third-order valence-corrected chi connectivity index (χ3v) is 3.73. The van der Waals surface area contributed by atoms with E-state index < -0.39 is 28.8 Å². The van der Waals surface area contributed by atoms with Crippen LogP contribution in [-0.2, 0) is 14.3 Å². The summed E-state index contributed by atoms with van der Waals surface area (Å²) in [5.74, 6) is -1.60. The molecular weight excluding hydrogens is 392 g/mol. The first kappa shape index (κ1) is 22.2. The second-order valence-corrected chi connectivity index (χ2v) is 6.18. The van der Waals surface area contributed by atoms with E-state index in [0.717, 1.165) is 6.07 Å². The smallest absolute Gasteiger partial charge is 0.341 e. The predicted molar refractivity (Wildman–Crippen MR) is 109 cm³/mol. The summed E-state index contributed by atoms with van der Waals surface area (Å²) in [4.78, 5) is 34.7. The number of carbonyl (C=O) groups excluding carboxylic acids is 2. The van der Waals surface area contributed by atoms with Crippen molar-refractivity contribution < 1.29 is 24.0 Å². The SMILES string of the molecule is C=C(C)C(=O)OC(CC)OC(=O)c1ccc(N=Nc2ccc(N)cc2)c([N+](=O)[O-])c1. The predicted octanol–water partition coefficient (Wildman–Crippen LogP) is 4.60. The van der Waals surface area contributed by atoms with Gasteiger partial charge in [0.25, 0.3) is 5.69 Å². The van der Waals surface area contributed by atoms with Crippen LogP contribution in [0.25, 0.3) is 0 Å². The lowest BCUT2D eigenvalue weighted by Crippen LogP contribution is -2.24. The summed E-state index contributed by atoms with van der Waals surface area (Å²) >= 11 is 0. The van der Waals surface area contributed by atoms with Crippen molar-refractivity contribution in [2.24, 2.45) is 10.2 Å². The van der Waals surface area contributed by atoms with E-state index in [-0.39, 0.29) is 23.2 Å². The fraction of sp³-hybridized carbons (Fsp3) is 0.200. The summed E-state index contributed by atoms with van der Waals surface area (Å²) < 4.78 is 10.1. The van der Waals surface area contributed by atoms with Gasteiger partial charge >= 0.3 is 11.9 Å². The topological polar surface area (TPSA) is 146 Å². The van der Waals surface area contributed by atoms with Crippen LogP contribution in [0.3, 0.4) is 0 Å². The summed E-state index contributed by atoms with van der Waals surface area (Å²) in [6.07, 6.45) is -0.952. The summed E-state index contributed by atoms with van der Waals surface area (Å²) in [6.45, 7) is 6.55. The Morgan fingerprint density at radius 1 is 1.17 bits per heavy atom. The van der Waals surface area contributed by atoms with Gasteiger partial charge in [-0.3, -0.25) is 10.1 Å². The molecule has 30 heavy (non-hydrogen) atoms. The van der Waals surface area contributed by atoms with Gasteiger partial charge in [-0.1, -0.05) is 13.5 Å². The normalized spacial score (nSPS) is 11.7. The second kappa shape index (κ2) is 9.92. The number of hydrogen-bond donors (Lipinski definition) is 1. The molecule has 0 saturated heterocycles. The van der Waals surface area contributed by atoms with Crippen LogP contribution in [0.15, 0.2) is 64.8 Å². The van der Waals surface area contributed by atoms with Gasteiger partial charge in [0.15, 0.2) is 5.69 Å². The molecule has 2 aromatic rings. The van der Waals surface area contributed by atoms with E-state index in [0.29, 0.717) is 11.4 Å². The highest BCUT2D eigenvalue weighted by atomic mass is 16.7. The van der Waals surface area contributed by atoms with Crippen LogP contribution in [0, 0.1) is 10.1 Å². The Hall–Kier alpha value is -4.08. The Balaban J connectivity index is 2.21. The largest absolute Gasteiger partial charge is 0.422 e. The van der Waals surface area contributed by atoms with E-state index in [9.17, 15) is 19.7 Å². The maximum Gasteiger partial charge on any atom is 0.341 e. The highest BCUT2D eigenvalue weighted by molar-refractivity contribution is 5.91. The van der Waals surface area contributed by atoms with Crippen LogP contribution < -0.4 is 5.73 Å². The van der Waals surface area contributed by atoms with Gasteiger partial charge in [0, 0.05) is 23.7 Å². The number of nitrogens with two attached hydrogens (primary N) is 1. The molecule has 0 heterocycles. The molecule has 1 unspecified atom stereocenters. The Morgan fingerprint density at radius 2 is 1.83 bits per heavy atom. The molecule has 0 spiro atoms. The van der Waals surface area contributed by atoms with Gasteiger partial charge in [-0.25, -0.2) is 9.59 Å². The zero-order valence-electron chi connectivity index (χ0n) is 16.4. The Labute approximate surface area is 172 Å². The highest BCUT2D eigenvalue weighted by Crippen LogP contribution is 2.30. The van der Waals surface area contributed by atoms with E-state index in [1.165, 1.54) is 19.1 Å². The van der Waals surface area contributed by atoms with Crippen molar-refractivity contribution in [3.8, 4) is 0 Å². The minimum absolute atomic E-state index is 0.0471. The van der Waals surface area contributed by atoms with Crippen LogP contribution >= 0.6 is 0 Å². The van der Waals surface area contributed by atoms with Gasteiger partial charge in [-0.05, 0) is 43.3 Å². The van der Waals surface area contributed by atoms with Crippen molar-refractivity contribution in [2.75, 3.05) is 5.73 Å². The fourth-order valence-electron chi connectivity index (χ4n) is 2.13. The Kier molecular flexibility index (Phi) is 7.34. The zero-order chi connectivity index (χ0) is 22.3. The lowest BCUT2D eigenvalue weighted by Gasteiger charge is -2.16. The van der Waals surface area contributed by atoms with E-state index in [1.807, 2.05) is 0 Å². The second-order valence-electron chi connectivity index (χ2n) is 6.18. The minimum Gasteiger partial charge on any atom is -0.422 e. The molecule has 0 aliphatic carbocycles. The molecule has 10 heteroatoms. The Morgan fingerprint density at radius 3 is 2.40 bits per heavy atom. The number of hydrogen-bond acceptors (Lipinski definition) is 9. The number of esters is 2. The van der Waals surface area contributed by atoms with E-state index in [1.54, 1.807) is 31.2 Å². The molecule has 0 amide bonds. The summed E-state index contributed by atoms with van der Waals surface area (Å²) in [6, 6.07) is 10.0. The van der Waals surface area contributed by atoms with E-state index >= 15 is 0 Å². The van der Waals surface area contributed by atoms with Crippen LogP contribution in [0.5, 0.6) is 0 Å². The van der Waals surface area contributed by atoms with Crippen molar-refractivity contribution in [3.05, 3.63) is 70.3 Å². The van der Waals surface area contributed by atoms with Crippen LogP contribution in [-0.4, -0.2) is 23.2 Å². The molecule has 2 N–H and O–H groups in total. The first-order valence-corrected chi connectivity index (χ1v) is 8.84. The monoisotopic (exact) mass is 412 g/mol. The number of benzene rings is 2. The molecule has 0 aromatic heterocycles. The maximum absolute atomic E-state index is 12.3. The molecule has 0 saturated carbocycles. The van der Waals surface area contributed by atoms with Gasteiger partial charge in [0.1, 0.15) is 0 Å². The molecule has 0 radical (unpaired) electrons. The van der Waals surface area contributed by atoms with Gasteiger partial charge < -0.3 is 15.2 Å². The number of nitrogen functional groups attached to an aromatic ring is 1. The summed E-state index contributed by atoms with van der Waals surface area (Å²) in [7, 11) is 0. The van der Waals surface area contributed by atoms with Crippen LogP contribution in [0.1, 0.15) is 30.6 Å². The zero-order valence-corrected chi connectivity index (χ0v) is 16.4. The fourth-order valence-corrected chi connectivity index (χ4v) is 2.13. The molecule has 0 bridgehead atoms. The van der Waals surface area contributed by atoms with Crippen molar-refractivity contribution >= 4 is 34.7 Å². The molecule has 10 nitrogen and oxygen atoms in total. The number of nitro groups is 1. The Bertz CT molecular complexity index is 1000. The number of anilines is 1. The van der Waals surface area contributed by atoms with Gasteiger partial charge in [-0.15, -0.1) is 5.11 Å². The molecular formula is C20H20N4O6. The highest BCUT2D eigenvalue weighted by Gasteiger charge is 2.22. The third-order valence-electron chi connectivity index (χ3n) is 3.73. The minimum atomic E-state index is -1.15. The molecule has 0 aliphatic rings. The average Bonchev–Trinajstić information content (AvgIpc) is 2.72. The maximum atomic E-state index is 12.3. The van der Waals surface area contributed by atoms with Crippen LogP contribution in [0.4, 0.5) is 22.7 Å². The summed E-state index contributed by atoms with van der Waals surface area (Å²) in [5, 5.41) is 19.2. The number of carbonyl (C=O) groups is 2. The number of rotatable bonds is 8. The molecule has 0 aliphatic heterocycles. The van der Waals surface area contributed by atoms with Gasteiger partial charge in [0.2, 0.25) is 6.29 Å². The third kappa shape index (κ3) is 5.96. The van der Waals surface area contributed by atoms with Gasteiger partial charge in [-0.2, -0.15) is 5.11 Å². The number of ether oxygens (including phenoxy) is 2. The molecule has 2 aromatic carbocycles. The van der Waals surface area contributed by atoms with Crippen LogP contribution in [0.2, 0.25) is 0 Å². The van der Waals surface area contributed by atoms with Crippen molar-refractivity contribution in [1.82, 2.24) is 0 Å². The van der Waals surface area contributed by atoms with E-state index in [2.05, 4.69) is 16.8 Å². The molecule has 0 fully saturated rings. The lowest BCUT2D eigenvalue weighted by atomic mass is 10.2. The van der Waals surface area contributed by atoms with Gasteiger partial charge in [0.05, 0.1) is 16.2 Å². The summed E-state index contributed by atoms with van der Waals surface area (Å²) in [5.41, 5.74) is 6.15.